The number of rotatable bonds is 2. The molecular weight excluding hydrogens is 283 g/mol. The van der Waals surface area contributed by atoms with Crippen LogP contribution in [0.25, 0.3) is 0 Å². The maximum Gasteiger partial charge on any atom is 0.416 e. The monoisotopic (exact) mass is 285 g/mol. The Balaban J connectivity index is 3.57. The average molecular weight is 286 g/mol. The van der Waals surface area contributed by atoms with Gasteiger partial charge in [0.1, 0.15) is 4.90 Å². The Morgan fingerprint density at radius 2 is 1.88 bits per heavy atom. The summed E-state index contributed by atoms with van der Waals surface area (Å²) >= 11 is 0. The van der Waals surface area contributed by atoms with Gasteiger partial charge in [0.05, 0.1) is 11.3 Å². The predicted molar refractivity (Wildman–Crippen MR) is 52.3 cm³/mol. The highest BCUT2D eigenvalue weighted by molar-refractivity contribution is 8.13. The van der Waals surface area contributed by atoms with Gasteiger partial charge in [-0.1, -0.05) is 0 Å². The number of halogens is 4. The zero-order chi connectivity index (χ0) is 13.3. The molecule has 0 unspecified atom stereocenters. The standard InChI is InChI=1S/C8H3ClF3NO3S/c9-17(15,16)7-3-5(8(10,11)12)1-2-6(7)13-4-14/h1-3H. The number of benzene rings is 1. The molecule has 0 saturated heterocycles. The Morgan fingerprint density at radius 3 is 2.29 bits per heavy atom. The second kappa shape index (κ2) is 4.48. The summed E-state index contributed by atoms with van der Waals surface area (Å²) in [5.74, 6) is 0. The van der Waals surface area contributed by atoms with E-state index in [-0.39, 0.29) is 0 Å². The zero-order valence-corrected chi connectivity index (χ0v) is 9.40. The second-order valence-corrected chi connectivity index (χ2v) is 5.36. The van der Waals surface area contributed by atoms with E-state index in [4.69, 9.17) is 10.7 Å². The third-order valence-corrected chi connectivity index (χ3v) is 3.07. The van der Waals surface area contributed by atoms with Gasteiger partial charge in [-0.25, -0.2) is 13.2 Å². The van der Waals surface area contributed by atoms with Gasteiger partial charge in [0.15, 0.2) is 0 Å². The number of aliphatic imine (C=N–C) groups is 1. The van der Waals surface area contributed by atoms with Crippen LogP contribution in [0, 0.1) is 0 Å². The van der Waals surface area contributed by atoms with Crippen LogP contribution in [-0.4, -0.2) is 14.5 Å². The normalized spacial score (nSPS) is 12.0. The molecule has 1 aromatic rings. The number of hydrogen-bond donors (Lipinski definition) is 0. The van der Waals surface area contributed by atoms with E-state index >= 15 is 0 Å². The number of alkyl halides is 3. The number of nitrogens with zero attached hydrogens (tertiary/aromatic N) is 1. The maximum atomic E-state index is 12.3. The molecule has 0 aliphatic rings. The second-order valence-electron chi connectivity index (χ2n) is 2.82. The maximum absolute atomic E-state index is 12.3. The molecule has 0 aliphatic heterocycles. The largest absolute Gasteiger partial charge is 0.416 e. The summed E-state index contributed by atoms with van der Waals surface area (Å²) in [6.45, 7) is 0. The lowest BCUT2D eigenvalue weighted by atomic mass is 10.2. The van der Waals surface area contributed by atoms with Gasteiger partial charge in [0.25, 0.3) is 9.05 Å². The van der Waals surface area contributed by atoms with Crippen LogP contribution >= 0.6 is 10.7 Å². The molecule has 0 saturated carbocycles. The highest BCUT2D eigenvalue weighted by Gasteiger charge is 2.32. The molecule has 0 heterocycles. The van der Waals surface area contributed by atoms with E-state index in [9.17, 15) is 26.4 Å². The summed E-state index contributed by atoms with van der Waals surface area (Å²) in [5, 5.41) is 0. The van der Waals surface area contributed by atoms with E-state index in [1.807, 2.05) is 0 Å². The van der Waals surface area contributed by atoms with Crippen molar-refractivity contribution in [1.82, 2.24) is 0 Å². The Morgan fingerprint density at radius 1 is 1.29 bits per heavy atom. The van der Waals surface area contributed by atoms with Crippen molar-refractivity contribution < 1.29 is 26.4 Å². The molecule has 0 radical (unpaired) electrons. The summed E-state index contributed by atoms with van der Waals surface area (Å²) in [7, 11) is 0.498. The van der Waals surface area contributed by atoms with Gasteiger partial charge in [-0.2, -0.15) is 18.2 Å². The number of carbonyl (C=O) groups excluding carboxylic acids is 1. The molecule has 0 spiro atoms. The quantitative estimate of drug-likeness (QED) is 0.477. The molecule has 17 heavy (non-hydrogen) atoms. The fraction of sp³-hybridized carbons (Fsp3) is 0.125. The minimum atomic E-state index is -4.72. The highest BCUT2D eigenvalue weighted by Crippen LogP contribution is 2.35. The molecule has 0 aliphatic carbocycles. The molecule has 0 fully saturated rings. The molecule has 92 valence electrons. The fourth-order valence-electron chi connectivity index (χ4n) is 1.03. The van der Waals surface area contributed by atoms with E-state index in [1.54, 1.807) is 0 Å². The lowest BCUT2D eigenvalue weighted by Gasteiger charge is -2.08. The third-order valence-electron chi connectivity index (χ3n) is 1.72. The topological polar surface area (TPSA) is 63.6 Å². The Hall–Kier alpha value is -1.37. The molecule has 0 atom stereocenters. The van der Waals surface area contributed by atoms with E-state index in [0.29, 0.717) is 12.1 Å². The Labute approximate surface area is 98.1 Å². The third kappa shape index (κ3) is 3.29. The van der Waals surface area contributed by atoms with Crippen molar-refractivity contribution in [3.05, 3.63) is 23.8 Å². The molecule has 0 N–H and O–H groups in total. The SMILES string of the molecule is O=C=Nc1ccc(C(F)(F)F)cc1S(=O)(=O)Cl. The van der Waals surface area contributed by atoms with Crippen LogP contribution in [0.2, 0.25) is 0 Å². The van der Waals surface area contributed by atoms with Gasteiger partial charge in [0, 0.05) is 10.7 Å². The smallest absolute Gasteiger partial charge is 0.211 e. The number of isocyanates is 1. The molecule has 1 rings (SSSR count). The minimum Gasteiger partial charge on any atom is -0.211 e. The summed E-state index contributed by atoms with van der Waals surface area (Å²) in [6.07, 6.45) is -3.70. The predicted octanol–water partition coefficient (Wildman–Crippen LogP) is 2.60. The summed E-state index contributed by atoms with van der Waals surface area (Å²) in [5.41, 5.74) is -1.70. The average Bonchev–Trinajstić information content (AvgIpc) is 2.15. The van der Waals surface area contributed by atoms with Crippen molar-refractivity contribution in [3.63, 3.8) is 0 Å². The van der Waals surface area contributed by atoms with Crippen LogP contribution in [0.15, 0.2) is 28.1 Å². The first kappa shape index (κ1) is 13.7. The van der Waals surface area contributed by atoms with Crippen molar-refractivity contribution in [3.8, 4) is 0 Å². The van der Waals surface area contributed by atoms with Crippen LogP contribution in [0.3, 0.4) is 0 Å². The first-order valence-electron chi connectivity index (χ1n) is 3.90. The summed E-state index contributed by atoms with van der Waals surface area (Å²) in [6, 6.07) is 1.61. The fourth-order valence-corrected chi connectivity index (χ4v) is 2.03. The van der Waals surface area contributed by atoms with Crippen molar-refractivity contribution >= 4 is 31.5 Å². The molecule has 0 aromatic heterocycles. The van der Waals surface area contributed by atoms with Gasteiger partial charge >= 0.3 is 6.18 Å². The van der Waals surface area contributed by atoms with E-state index in [1.165, 1.54) is 0 Å². The van der Waals surface area contributed by atoms with Gasteiger partial charge in [-0.3, -0.25) is 0 Å². The lowest BCUT2D eigenvalue weighted by molar-refractivity contribution is -0.137. The number of hydrogen-bond acceptors (Lipinski definition) is 4. The van der Waals surface area contributed by atoms with E-state index in [2.05, 4.69) is 4.99 Å². The molecule has 0 bridgehead atoms. The van der Waals surface area contributed by atoms with Gasteiger partial charge in [-0.05, 0) is 18.2 Å². The molecule has 9 heteroatoms. The van der Waals surface area contributed by atoms with Gasteiger partial charge in [-0.15, -0.1) is 0 Å². The van der Waals surface area contributed by atoms with Crippen molar-refractivity contribution in [2.24, 2.45) is 4.99 Å². The van der Waals surface area contributed by atoms with E-state index in [0.717, 1.165) is 12.1 Å². The van der Waals surface area contributed by atoms with Crippen molar-refractivity contribution in [2.45, 2.75) is 11.1 Å². The summed E-state index contributed by atoms with van der Waals surface area (Å²) in [4.78, 5) is 12.1. The molecule has 4 nitrogen and oxygen atoms in total. The molecular formula is C8H3ClF3NO3S. The lowest BCUT2D eigenvalue weighted by Crippen LogP contribution is -2.06. The molecule has 0 amide bonds. The molecule has 1 aromatic carbocycles. The van der Waals surface area contributed by atoms with Crippen LogP contribution in [0.4, 0.5) is 18.9 Å². The van der Waals surface area contributed by atoms with Crippen molar-refractivity contribution in [2.75, 3.05) is 0 Å². The minimum absolute atomic E-state index is 0.304. The van der Waals surface area contributed by atoms with Gasteiger partial charge < -0.3 is 0 Å². The van der Waals surface area contributed by atoms with Gasteiger partial charge in [0.2, 0.25) is 6.08 Å². The van der Waals surface area contributed by atoms with E-state index < -0.39 is 31.4 Å². The first-order chi connectivity index (χ1) is 7.66. The Bertz CT molecular complexity index is 591. The zero-order valence-electron chi connectivity index (χ0n) is 7.82. The summed E-state index contributed by atoms with van der Waals surface area (Å²) < 4.78 is 59.0. The highest BCUT2D eigenvalue weighted by atomic mass is 35.7. The van der Waals surface area contributed by atoms with Crippen LogP contribution in [0.1, 0.15) is 5.56 Å². The van der Waals surface area contributed by atoms with Crippen LogP contribution in [-0.2, 0) is 20.0 Å². The van der Waals surface area contributed by atoms with Crippen LogP contribution in [0.5, 0.6) is 0 Å². The first-order valence-corrected chi connectivity index (χ1v) is 6.21. The van der Waals surface area contributed by atoms with Crippen LogP contribution < -0.4 is 0 Å². The van der Waals surface area contributed by atoms with Crippen molar-refractivity contribution in [1.29, 1.82) is 0 Å². The Kier molecular flexibility index (Phi) is 3.61.